The van der Waals surface area contributed by atoms with Crippen molar-refractivity contribution in [3.05, 3.63) is 46.0 Å². The zero-order valence-corrected chi connectivity index (χ0v) is 17.4. The Kier molecular flexibility index (Phi) is 5.83. The van der Waals surface area contributed by atoms with Crippen LogP contribution in [0.1, 0.15) is 30.8 Å². The van der Waals surface area contributed by atoms with Crippen LogP contribution >= 0.6 is 12.2 Å². The topological polar surface area (TPSA) is 112 Å². The van der Waals surface area contributed by atoms with Crippen LogP contribution in [0.25, 0.3) is 0 Å². The van der Waals surface area contributed by atoms with Gasteiger partial charge in [0.15, 0.2) is 4.77 Å². The average molecular weight is 417 g/mol. The highest BCUT2D eigenvalue weighted by molar-refractivity contribution is 7.71. The van der Waals surface area contributed by atoms with Gasteiger partial charge in [-0.2, -0.15) is 5.10 Å². The zero-order chi connectivity index (χ0) is 21.2. The summed E-state index contributed by atoms with van der Waals surface area (Å²) in [6, 6.07) is 6.78. The molecule has 2 aromatic rings. The van der Waals surface area contributed by atoms with E-state index in [1.165, 1.54) is 0 Å². The molecule has 1 aromatic heterocycles. The summed E-state index contributed by atoms with van der Waals surface area (Å²) in [6.07, 6.45) is 0.480. The molecule has 1 saturated heterocycles. The van der Waals surface area contributed by atoms with E-state index >= 15 is 0 Å². The van der Waals surface area contributed by atoms with Gasteiger partial charge in [-0.05, 0) is 38.6 Å². The first-order valence-corrected chi connectivity index (χ1v) is 9.79. The fraction of sp³-hybridized carbons (Fsp3) is 0.421. The number of aryl methyl sites for hydroxylation is 1. The number of H-pyrrole nitrogens is 1. The van der Waals surface area contributed by atoms with Crippen molar-refractivity contribution in [3.63, 3.8) is 0 Å². The molecule has 0 saturated carbocycles. The van der Waals surface area contributed by atoms with Crippen LogP contribution in [0.5, 0.6) is 0 Å². The zero-order valence-electron chi connectivity index (χ0n) is 16.6. The minimum Gasteiger partial charge on any atom is -0.354 e. The lowest BCUT2D eigenvalue weighted by molar-refractivity contribution is -0.134. The van der Waals surface area contributed by atoms with E-state index < -0.39 is 23.4 Å². The first-order valence-electron chi connectivity index (χ1n) is 9.38. The van der Waals surface area contributed by atoms with Gasteiger partial charge in [0.1, 0.15) is 17.9 Å². The molecule has 1 unspecified atom stereocenters. The fourth-order valence-electron chi connectivity index (χ4n) is 3.30. The number of benzene rings is 1. The predicted molar refractivity (Wildman–Crippen MR) is 109 cm³/mol. The smallest absolute Gasteiger partial charge is 0.325 e. The normalized spacial score (nSPS) is 18.8. The Labute approximate surface area is 173 Å². The van der Waals surface area contributed by atoms with E-state index in [9.17, 15) is 14.4 Å². The van der Waals surface area contributed by atoms with Crippen LogP contribution in [0, 0.1) is 11.7 Å². The third kappa shape index (κ3) is 4.07. The molecule has 0 spiro atoms. The highest BCUT2D eigenvalue weighted by Gasteiger charge is 2.49. The predicted octanol–water partition coefficient (Wildman–Crippen LogP) is 1.39. The number of nitrogens with one attached hydrogen (secondary N) is 3. The molecule has 3 N–H and O–H groups in total. The van der Waals surface area contributed by atoms with Gasteiger partial charge in [0.05, 0.1) is 0 Å². The highest BCUT2D eigenvalue weighted by Crippen LogP contribution is 2.28. The first-order chi connectivity index (χ1) is 13.8. The monoisotopic (exact) mass is 416 g/mol. The molecular formula is C19H24N6O3S. The molecule has 0 bridgehead atoms. The highest BCUT2D eigenvalue weighted by atomic mass is 32.1. The van der Waals surface area contributed by atoms with E-state index in [1.54, 1.807) is 19.1 Å². The van der Waals surface area contributed by atoms with Crippen LogP contribution < -0.4 is 10.6 Å². The quantitative estimate of drug-likeness (QED) is 0.467. The van der Waals surface area contributed by atoms with E-state index in [4.69, 9.17) is 12.2 Å². The number of carbonyl (C=O) groups excluding carboxylic acids is 3. The summed E-state index contributed by atoms with van der Waals surface area (Å²) in [4.78, 5) is 38.4. The molecule has 1 aromatic carbocycles. The van der Waals surface area contributed by atoms with Crippen molar-refractivity contribution in [1.82, 2.24) is 30.3 Å². The summed E-state index contributed by atoms with van der Waals surface area (Å²) in [5, 5.41) is 12.3. The minimum atomic E-state index is -1.19. The van der Waals surface area contributed by atoms with Crippen molar-refractivity contribution in [2.45, 2.75) is 39.3 Å². The summed E-state index contributed by atoms with van der Waals surface area (Å²) >= 11 is 5.13. The van der Waals surface area contributed by atoms with Gasteiger partial charge < -0.3 is 15.2 Å². The molecule has 10 heteroatoms. The molecule has 154 valence electrons. The molecular weight excluding hydrogens is 392 g/mol. The van der Waals surface area contributed by atoms with Gasteiger partial charge in [0, 0.05) is 19.5 Å². The lowest BCUT2D eigenvalue weighted by atomic mass is 9.91. The Morgan fingerprint density at radius 1 is 1.28 bits per heavy atom. The van der Waals surface area contributed by atoms with E-state index in [0.29, 0.717) is 29.8 Å². The summed E-state index contributed by atoms with van der Waals surface area (Å²) < 4.78 is 2.37. The van der Waals surface area contributed by atoms with Crippen LogP contribution in [-0.2, 0) is 28.1 Å². The molecule has 9 nitrogen and oxygen atoms in total. The number of aromatic nitrogens is 3. The molecule has 1 fully saturated rings. The van der Waals surface area contributed by atoms with Crippen LogP contribution in [-0.4, -0.2) is 50.6 Å². The van der Waals surface area contributed by atoms with Crippen molar-refractivity contribution >= 4 is 30.1 Å². The Morgan fingerprint density at radius 2 is 1.97 bits per heavy atom. The van der Waals surface area contributed by atoms with E-state index in [1.807, 2.05) is 30.5 Å². The largest absolute Gasteiger partial charge is 0.354 e. The van der Waals surface area contributed by atoms with Crippen molar-refractivity contribution in [2.24, 2.45) is 0 Å². The lowest BCUT2D eigenvalue weighted by Crippen LogP contribution is -2.43. The summed E-state index contributed by atoms with van der Waals surface area (Å²) in [7, 11) is 0. The Balaban J connectivity index is 1.60. The van der Waals surface area contributed by atoms with Crippen molar-refractivity contribution in [2.75, 3.05) is 13.1 Å². The second kappa shape index (κ2) is 8.16. The molecule has 29 heavy (non-hydrogen) atoms. The maximum Gasteiger partial charge on any atom is 0.325 e. The summed E-state index contributed by atoms with van der Waals surface area (Å²) in [6.45, 7) is 6.19. The standard InChI is InChI=1S/C19H24N6O3S/c1-4-24-14(22-23-18(24)29)9-10-20-15(26)11-25-16(27)19(3,21-17(25)28)13-7-5-12(2)6-8-13/h5-8H,4,9-11H2,1-3H3,(H,20,26)(H,21,28)(H,23,29). The number of hydrogen-bond acceptors (Lipinski definition) is 5. The van der Waals surface area contributed by atoms with Gasteiger partial charge in [0.2, 0.25) is 5.91 Å². The van der Waals surface area contributed by atoms with Crippen molar-refractivity contribution in [3.8, 4) is 0 Å². The third-order valence-corrected chi connectivity index (χ3v) is 5.34. The lowest BCUT2D eigenvalue weighted by Gasteiger charge is -2.22. The summed E-state index contributed by atoms with van der Waals surface area (Å²) in [5.41, 5.74) is 0.536. The van der Waals surface area contributed by atoms with Gasteiger partial charge in [0.25, 0.3) is 5.91 Å². The second-order valence-corrected chi connectivity index (χ2v) is 7.49. The molecule has 1 aliphatic heterocycles. The van der Waals surface area contributed by atoms with Gasteiger partial charge in [-0.25, -0.2) is 4.79 Å². The number of carbonyl (C=O) groups is 3. The van der Waals surface area contributed by atoms with Crippen molar-refractivity contribution in [1.29, 1.82) is 0 Å². The van der Waals surface area contributed by atoms with Gasteiger partial charge in [-0.3, -0.25) is 19.6 Å². The average Bonchev–Trinajstić information content (AvgIpc) is 3.14. The molecule has 1 atom stereocenters. The van der Waals surface area contributed by atoms with Crippen LogP contribution in [0.4, 0.5) is 4.79 Å². The molecule has 4 amide bonds. The van der Waals surface area contributed by atoms with E-state index in [0.717, 1.165) is 16.3 Å². The number of nitrogens with zero attached hydrogens (tertiary/aromatic N) is 3. The van der Waals surface area contributed by atoms with Crippen LogP contribution in [0.3, 0.4) is 0 Å². The maximum absolute atomic E-state index is 12.9. The number of imide groups is 1. The number of aromatic amines is 1. The first kappa shape index (κ1) is 20.7. The van der Waals surface area contributed by atoms with Crippen molar-refractivity contribution < 1.29 is 14.4 Å². The number of amides is 4. The van der Waals surface area contributed by atoms with Gasteiger partial charge >= 0.3 is 6.03 Å². The minimum absolute atomic E-state index is 0.317. The molecule has 1 aliphatic rings. The SMILES string of the molecule is CCn1c(CCNC(=O)CN2C(=O)NC(C)(c3ccc(C)cc3)C2=O)n[nH]c1=S. The molecule has 0 radical (unpaired) electrons. The van der Waals surface area contributed by atoms with Crippen LogP contribution in [0.15, 0.2) is 24.3 Å². The molecule has 3 rings (SSSR count). The fourth-order valence-corrected chi connectivity index (χ4v) is 3.58. The maximum atomic E-state index is 12.9. The molecule has 0 aliphatic carbocycles. The van der Waals surface area contributed by atoms with Gasteiger partial charge in [-0.1, -0.05) is 29.8 Å². The number of rotatable bonds is 7. The third-order valence-electron chi connectivity index (χ3n) is 5.03. The van der Waals surface area contributed by atoms with E-state index in [-0.39, 0.29) is 6.54 Å². The Bertz CT molecular complexity index is 996. The Morgan fingerprint density at radius 3 is 2.62 bits per heavy atom. The second-order valence-electron chi connectivity index (χ2n) is 7.10. The number of hydrogen-bond donors (Lipinski definition) is 3. The molecule has 2 heterocycles. The Hall–Kier alpha value is -3.01. The van der Waals surface area contributed by atoms with Gasteiger partial charge in [-0.15, -0.1) is 0 Å². The van der Waals surface area contributed by atoms with E-state index in [2.05, 4.69) is 20.8 Å². The van der Waals surface area contributed by atoms with Crippen LogP contribution in [0.2, 0.25) is 0 Å². The summed E-state index contributed by atoms with van der Waals surface area (Å²) in [5.74, 6) is -0.132. The number of urea groups is 1.